The molecule has 6 aliphatic rings. The van der Waals surface area contributed by atoms with Crippen LogP contribution in [0.5, 0.6) is 0 Å². The lowest BCUT2D eigenvalue weighted by Gasteiger charge is -2.33. The third kappa shape index (κ3) is 0.602. The van der Waals surface area contributed by atoms with E-state index in [1.54, 1.807) is 0 Å². The van der Waals surface area contributed by atoms with Gasteiger partial charge in [-0.1, -0.05) is 6.58 Å². The maximum Gasteiger partial charge on any atom is 0.243 e. The Morgan fingerprint density at radius 1 is 1.00 bits per heavy atom. The van der Waals surface area contributed by atoms with Crippen molar-refractivity contribution >= 4 is 5.91 Å². The molecule has 0 aromatic heterocycles. The van der Waals surface area contributed by atoms with Crippen LogP contribution in [0.4, 0.5) is 0 Å². The Morgan fingerprint density at radius 2 is 1.56 bits per heavy atom. The lowest BCUT2D eigenvalue weighted by Crippen LogP contribution is -2.38. The van der Waals surface area contributed by atoms with Crippen molar-refractivity contribution in [2.24, 2.45) is 47.3 Å². The van der Waals surface area contributed by atoms with Crippen LogP contribution in [0.15, 0.2) is 12.7 Å². The van der Waals surface area contributed by atoms with Crippen LogP contribution in [0.25, 0.3) is 0 Å². The van der Waals surface area contributed by atoms with Crippen molar-refractivity contribution in [1.29, 1.82) is 0 Å². The molecule has 6 fully saturated rings. The Labute approximate surface area is 95.5 Å². The summed E-state index contributed by atoms with van der Waals surface area (Å²) in [5.74, 6) is 7.86. The van der Waals surface area contributed by atoms with Crippen LogP contribution in [0.1, 0.15) is 12.8 Å². The minimum absolute atomic E-state index is 0.0533. The van der Waals surface area contributed by atoms with E-state index in [9.17, 15) is 4.79 Å². The average molecular weight is 215 g/mol. The number of carbonyl (C=O) groups excluding carboxylic acids is 1. The number of nitrogens with one attached hydrogen (secondary N) is 1. The van der Waals surface area contributed by atoms with Gasteiger partial charge in [-0.3, -0.25) is 4.79 Å². The highest BCUT2D eigenvalue weighted by atomic mass is 16.1. The van der Waals surface area contributed by atoms with Crippen molar-refractivity contribution in [3.05, 3.63) is 12.7 Å². The van der Waals surface area contributed by atoms with Gasteiger partial charge in [0, 0.05) is 6.04 Å². The zero-order valence-corrected chi connectivity index (χ0v) is 9.30. The zero-order valence-electron chi connectivity index (χ0n) is 9.30. The molecule has 0 aromatic rings. The van der Waals surface area contributed by atoms with Crippen LogP contribution in [-0.4, -0.2) is 11.9 Å². The summed E-state index contributed by atoms with van der Waals surface area (Å²) in [5, 5.41) is 3.25. The highest BCUT2D eigenvalue weighted by Gasteiger charge is 2.80. The molecule has 6 rings (SSSR count). The molecule has 16 heavy (non-hydrogen) atoms. The van der Waals surface area contributed by atoms with Crippen LogP contribution in [-0.2, 0) is 4.79 Å². The lowest BCUT2D eigenvalue weighted by molar-refractivity contribution is -0.117. The molecule has 1 N–H and O–H groups in total. The summed E-state index contributed by atoms with van der Waals surface area (Å²) in [5.41, 5.74) is 0. The summed E-state index contributed by atoms with van der Waals surface area (Å²) in [6, 6.07) is 0.521. The highest BCUT2D eigenvalue weighted by molar-refractivity contribution is 5.87. The second kappa shape index (κ2) is 2.25. The fraction of sp³-hybridized carbons (Fsp3) is 0.786. The molecular formula is C14H17NO. The molecule has 0 radical (unpaired) electrons. The van der Waals surface area contributed by atoms with E-state index in [4.69, 9.17) is 0 Å². The van der Waals surface area contributed by atoms with Gasteiger partial charge in [0.25, 0.3) is 0 Å². The topological polar surface area (TPSA) is 29.1 Å². The first-order valence-electron chi connectivity index (χ1n) is 6.74. The van der Waals surface area contributed by atoms with Crippen molar-refractivity contribution < 1.29 is 4.79 Å². The van der Waals surface area contributed by atoms with E-state index in [2.05, 4.69) is 11.9 Å². The van der Waals surface area contributed by atoms with E-state index >= 15 is 0 Å². The van der Waals surface area contributed by atoms with Gasteiger partial charge >= 0.3 is 0 Å². The van der Waals surface area contributed by atoms with E-state index in [0.717, 1.165) is 47.3 Å². The summed E-state index contributed by atoms with van der Waals surface area (Å²) >= 11 is 0. The van der Waals surface area contributed by atoms with Gasteiger partial charge in [-0.2, -0.15) is 0 Å². The van der Waals surface area contributed by atoms with Crippen LogP contribution in [0.2, 0.25) is 0 Å². The van der Waals surface area contributed by atoms with Gasteiger partial charge in [-0.15, -0.1) is 0 Å². The summed E-state index contributed by atoms with van der Waals surface area (Å²) in [4.78, 5) is 11.5. The third-order valence-corrected chi connectivity index (χ3v) is 6.82. The second-order valence-electron chi connectivity index (χ2n) is 6.67. The van der Waals surface area contributed by atoms with Gasteiger partial charge in [0.2, 0.25) is 5.91 Å². The van der Waals surface area contributed by atoms with Crippen molar-refractivity contribution in [3.8, 4) is 0 Å². The molecule has 8 unspecified atom stereocenters. The summed E-state index contributed by atoms with van der Waals surface area (Å²) in [6.45, 7) is 3.57. The monoisotopic (exact) mass is 215 g/mol. The number of hydrogen-bond donors (Lipinski definition) is 1. The Bertz CT molecular complexity index is 389. The predicted octanol–water partition coefficient (Wildman–Crippen LogP) is 1.43. The molecule has 6 bridgehead atoms. The molecule has 6 aliphatic carbocycles. The molecule has 0 spiro atoms. The molecule has 0 aliphatic heterocycles. The summed E-state index contributed by atoms with van der Waals surface area (Å²) < 4.78 is 0. The molecule has 2 nitrogen and oxygen atoms in total. The number of amides is 1. The molecule has 0 saturated heterocycles. The predicted molar refractivity (Wildman–Crippen MR) is 59.3 cm³/mol. The molecular weight excluding hydrogens is 198 g/mol. The van der Waals surface area contributed by atoms with E-state index in [1.165, 1.54) is 18.9 Å². The number of rotatable bonds is 2. The molecule has 0 aromatic carbocycles. The minimum Gasteiger partial charge on any atom is -0.349 e. The molecule has 8 atom stereocenters. The van der Waals surface area contributed by atoms with Crippen LogP contribution in [0, 0.1) is 47.3 Å². The first kappa shape index (κ1) is 8.32. The van der Waals surface area contributed by atoms with Crippen molar-refractivity contribution in [1.82, 2.24) is 5.32 Å². The first-order valence-corrected chi connectivity index (χ1v) is 6.74. The van der Waals surface area contributed by atoms with Gasteiger partial charge in [-0.25, -0.2) is 0 Å². The van der Waals surface area contributed by atoms with Crippen molar-refractivity contribution in [3.63, 3.8) is 0 Å². The van der Waals surface area contributed by atoms with Crippen LogP contribution >= 0.6 is 0 Å². The Balaban J connectivity index is 1.57. The maximum atomic E-state index is 11.5. The van der Waals surface area contributed by atoms with Crippen molar-refractivity contribution in [2.75, 3.05) is 0 Å². The van der Waals surface area contributed by atoms with Gasteiger partial charge in [0.15, 0.2) is 0 Å². The van der Waals surface area contributed by atoms with Gasteiger partial charge < -0.3 is 5.32 Å². The van der Waals surface area contributed by atoms with E-state index < -0.39 is 0 Å². The maximum absolute atomic E-state index is 11.5. The smallest absolute Gasteiger partial charge is 0.243 e. The van der Waals surface area contributed by atoms with Crippen LogP contribution < -0.4 is 5.32 Å². The lowest BCUT2D eigenvalue weighted by atomic mass is 9.71. The zero-order chi connectivity index (χ0) is 10.6. The molecule has 6 saturated carbocycles. The quantitative estimate of drug-likeness (QED) is 0.694. The second-order valence-corrected chi connectivity index (χ2v) is 6.67. The van der Waals surface area contributed by atoms with E-state index in [0.29, 0.717) is 6.04 Å². The fourth-order valence-electron chi connectivity index (χ4n) is 7.04. The van der Waals surface area contributed by atoms with Crippen LogP contribution in [0.3, 0.4) is 0 Å². The normalized spacial score (nSPS) is 66.1. The molecule has 84 valence electrons. The Kier molecular flexibility index (Phi) is 1.17. The van der Waals surface area contributed by atoms with E-state index in [-0.39, 0.29) is 5.91 Å². The molecule has 2 heteroatoms. The Morgan fingerprint density at radius 3 is 2.06 bits per heavy atom. The highest BCUT2D eigenvalue weighted by Crippen LogP contribution is 2.82. The summed E-state index contributed by atoms with van der Waals surface area (Å²) in [6.07, 6.45) is 4.44. The van der Waals surface area contributed by atoms with Gasteiger partial charge in [0.1, 0.15) is 0 Å². The molecule has 1 amide bonds. The average Bonchev–Trinajstić information content (AvgIpc) is 2.94. The minimum atomic E-state index is 0.0533. The fourth-order valence-corrected chi connectivity index (χ4v) is 7.04. The first-order chi connectivity index (χ1) is 7.81. The number of hydrogen-bond acceptors (Lipinski definition) is 1. The molecule has 0 heterocycles. The van der Waals surface area contributed by atoms with Gasteiger partial charge in [-0.05, 0) is 66.3 Å². The Hall–Kier alpha value is -0.790. The SMILES string of the molecule is C=CC(=O)NC1C2C3CC4C5CC(C42)C1C53. The third-order valence-electron chi connectivity index (χ3n) is 6.82. The van der Waals surface area contributed by atoms with Gasteiger partial charge in [0.05, 0.1) is 0 Å². The largest absolute Gasteiger partial charge is 0.349 e. The van der Waals surface area contributed by atoms with E-state index in [1.807, 2.05) is 0 Å². The summed E-state index contributed by atoms with van der Waals surface area (Å²) in [7, 11) is 0. The number of carbonyl (C=O) groups is 1. The van der Waals surface area contributed by atoms with Crippen molar-refractivity contribution in [2.45, 2.75) is 18.9 Å². The standard InChI is InChI=1S/C14H17NO/c1-2-9(16)15-14-12-7-3-5-6-4-8(10(5)12)13(14)11(6)7/h2,5-8,10-14H,1,3-4H2,(H,15,16).